The van der Waals surface area contributed by atoms with E-state index < -0.39 is 0 Å². The van der Waals surface area contributed by atoms with Crippen molar-refractivity contribution in [3.05, 3.63) is 59.7 Å². The zero-order chi connectivity index (χ0) is 19.8. The quantitative estimate of drug-likeness (QED) is 0.772. The first-order valence-electron chi connectivity index (χ1n) is 9.40. The Hall–Kier alpha value is -2.82. The number of rotatable bonds is 8. The Morgan fingerprint density at radius 1 is 0.889 bits per heavy atom. The van der Waals surface area contributed by atoms with E-state index in [4.69, 9.17) is 0 Å². The first kappa shape index (κ1) is 20.5. The Balaban J connectivity index is 1.86. The van der Waals surface area contributed by atoms with Crippen LogP contribution in [0.1, 0.15) is 36.2 Å². The summed E-state index contributed by atoms with van der Waals surface area (Å²) in [6.07, 6.45) is 1.04. The van der Waals surface area contributed by atoms with Gasteiger partial charge in [-0.3, -0.25) is 9.59 Å². The van der Waals surface area contributed by atoms with Gasteiger partial charge in [0, 0.05) is 50.5 Å². The summed E-state index contributed by atoms with van der Waals surface area (Å²) in [4.78, 5) is 27.9. The van der Waals surface area contributed by atoms with Crippen molar-refractivity contribution in [1.82, 2.24) is 4.90 Å². The van der Waals surface area contributed by atoms with Crippen LogP contribution in [0.5, 0.6) is 0 Å². The molecule has 0 saturated heterocycles. The van der Waals surface area contributed by atoms with Gasteiger partial charge in [-0.15, -0.1) is 0 Å². The van der Waals surface area contributed by atoms with Gasteiger partial charge in [-0.05, 0) is 62.2 Å². The number of benzene rings is 2. The van der Waals surface area contributed by atoms with E-state index in [1.54, 1.807) is 19.0 Å². The van der Waals surface area contributed by atoms with Crippen LogP contribution >= 0.6 is 0 Å². The number of nitrogens with zero attached hydrogens (tertiary/aromatic N) is 2. The summed E-state index contributed by atoms with van der Waals surface area (Å²) in [5.74, 6) is -0.0357. The maximum Gasteiger partial charge on any atom is 0.253 e. The Kier molecular flexibility index (Phi) is 7.41. The minimum absolute atomic E-state index is 0.0148. The molecule has 0 unspecified atom stereocenters. The van der Waals surface area contributed by atoms with E-state index in [-0.39, 0.29) is 11.8 Å². The first-order valence-corrected chi connectivity index (χ1v) is 9.40. The van der Waals surface area contributed by atoms with Crippen LogP contribution in [0, 0.1) is 0 Å². The number of carbonyl (C=O) groups excluding carboxylic acids is 2. The second-order valence-electron chi connectivity index (χ2n) is 6.66. The van der Waals surface area contributed by atoms with Crippen LogP contribution in [0.2, 0.25) is 0 Å². The molecule has 0 aliphatic carbocycles. The lowest BCUT2D eigenvalue weighted by atomic mass is 10.1. The van der Waals surface area contributed by atoms with Crippen molar-refractivity contribution >= 4 is 23.2 Å². The number of aryl methyl sites for hydroxylation is 1. The molecule has 0 aliphatic heterocycles. The Labute approximate surface area is 162 Å². The monoisotopic (exact) mass is 367 g/mol. The summed E-state index contributed by atoms with van der Waals surface area (Å²) in [6, 6.07) is 15.4. The highest BCUT2D eigenvalue weighted by atomic mass is 16.2. The highest BCUT2D eigenvalue weighted by Gasteiger charge is 2.08. The third kappa shape index (κ3) is 5.84. The first-order chi connectivity index (χ1) is 12.9. The predicted octanol–water partition coefficient (Wildman–Crippen LogP) is 3.81. The summed E-state index contributed by atoms with van der Waals surface area (Å²) in [5.41, 5.74) is 3.66. The standard InChI is InChI=1S/C22H29N3O2/c1-5-25(6-2)20-14-12-19(13-15-20)23-21(26)16-9-17-7-10-18(11-8-17)22(27)24(3)4/h7-8,10-15H,5-6,9,16H2,1-4H3,(H,23,26). The molecule has 0 bridgehead atoms. The fourth-order valence-electron chi connectivity index (χ4n) is 2.90. The normalized spacial score (nSPS) is 10.4. The average Bonchev–Trinajstić information content (AvgIpc) is 2.68. The molecule has 2 rings (SSSR count). The van der Waals surface area contributed by atoms with E-state index in [0.717, 1.165) is 30.0 Å². The molecule has 5 heteroatoms. The van der Waals surface area contributed by atoms with E-state index in [9.17, 15) is 9.59 Å². The van der Waals surface area contributed by atoms with Crippen molar-refractivity contribution < 1.29 is 9.59 Å². The van der Waals surface area contributed by atoms with E-state index >= 15 is 0 Å². The molecule has 2 aromatic rings. The summed E-state index contributed by atoms with van der Waals surface area (Å²) in [6.45, 7) is 6.17. The van der Waals surface area contributed by atoms with Crippen LogP contribution in [0.25, 0.3) is 0 Å². The largest absolute Gasteiger partial charge is 0.372 e. The molecule has 27 heavy (non-hydrogen) atoms. The molecule has 0 saturated carbocycles. The lowest BCUT2D eigenvalue weighted by Crippen LogP contribution is -2.21. The van der Waals surface area contributed by atoms with Crippen LogP contribution in [-0.2, 0) is 11.2 Å². The lowest BCUT2D eigenvalue weighted by molar-refractivity contribution is -0.116. The fourth-order valence-corrected chi connectivity index (χ4v) is 2.90. The molecule has 0 atom stereocenters. The molecule has 2 aromatic carbocycles. The van der Waals surface area contributed by atoms with Crippen LogP contribution in [0.15, 0.2) is 48.5 Å². The minimum Gasteiger partial charge on any atom is -0.372 e. The Morgan fingerprint density at radius 2 is 1.48 bits per heavy atom. The second-order valence-corrected chi connectivity index (χ2v) is 6.66. The van der Waals surface area contributed by atoms with Gasteiger partial charge >= 0.3 is 0 Å². The zero-order valence-corrected chi connectivity index (χ0v) is 16.7. The smallest absolute Gasteiger partial charge is 0.253 e. The molecule has 144 valence electrons. The van der Waals surface area contributed by atoms with Gasteiger partial charge in [0.05, 0.1) is 0 Å². The van der Waals surface area contributed by atoms with Gasteiger partial charge in [-0.2, -0.15) is 0 Å². The maximum absolute atomic E-state index is 12.2. The van der Waals surface area contributed by atoms with Gasteiger partial charge in [-0.25, -0.2) is 0 Å². The second kappa shape index (κ2) is 9.76. The van der Waals surface area contributed by atoms with E-state index in [1.807, 2.05) is 48.5 Å². The topological polar surface area (TPSA) is 52.7 Å². The van der Waals surface area contributed by atoms with Gasteiger partial charge in [0.1, 0.15) is 0 Å². The highest BCUT2D eigenvalue weighted by Crippen LogP contribution is 2.18. The van der Waals surface area contributed by atoms with E-state index in [2.05, 4.69) is 24.1 Å². The van der Waals surface area contributed by atoms with Crippen molar-refractivity contribution in [1.29, 1.82) is 0 Å². The van der Waals surface area contributed by atoms with E-state index in [0.29, 0.717) is 18.4 Å². The van der Waals surface area contributed by atoms with Crippen molar-refractivity contribution in [3.63, 3.8) is 0 Å². The molecular weight excluding hydrogens is 338 g/mol. The summed E-state index contributed by atoms with van der Waals surface area (Å²) >= 11 is 0. The van der Waals surface area contributed by atoms with E-state index in [1.165, 1.54) is 0 Å². The number of hydrogen-bond acceptors (Lipinski definition) is 3. The average molecular weight is 367 g/mol. The van der Waals surface area contributed by atoms with Crippen molar-refractivity contribution in [3.8, 4) is 0 Å². The molecule has 2 amide bonds. The van der Waals surface area contributed by atoms with Gasteiger partial charge in [0.2, 0.25) is 5.91 Å². The van der Waals surface area contributed by atoms with Crippen molar-refractivity contribution in [2.75, 3.05) is 37.4 Å². The SMILES string of the molecule is CCN(CC)c1ccc(NC(=O)CCc2ccc(C(=O)N(C)C)cc2)cc1. The number of carbonyl (C=O) groups is 2. The number of hydrogen-bond donors (Lipinski definition) is 1. The molecule has 0 radical (unpaired) electrons. The zero-order valence-electron chi connectivity index (χ0n) is 16.7. The van der Waals surface area contributed by atoms with Gasteiger partial charge < -0.3 is 15.1 Å². The van der Waals surface area contributed by atoms with Gasteiger partial charge in [0.15, 0.2) is 0 Å². The highest BCUT2D eigenvalue weighted by molar-refractivity contribution is 5.94. The molecule has 0 aliphatic rings. The molecule has 5 nitrogen and oxygen atoms in total. The van der Waals surface area contributed by atoms with Crippen LogP contribution in [-0.4, -0.2) is 43.9 Å². The number of amides is 2. The Morgan fingerprint density at radius 3 is 2.00 bits per heavy atom. The summed E-state index contributed by atoms with van der Waals surface area (Å²) in [5, 5.41) is 2.94. The molecule has 1 N–H and O–H groups in total. The van der Waals surface area contributed by atoms with Crippen molar-refractivity contribution in [2.45, 2.75) is 26.7 Å². The molecule has 0 spiro atoms. The summed E-state index contributed by atoms with van der Waals surface area (Å²) in [7, 11) is 3.46. The number of anilines is 2. The number of nitrogens with one attached hydrogen (secondary N) is 1. The summed E-state index contributed by atoms with van der Waals surface area (Å²) < 4.78 is 0. The predicted molar refractivity (Wildman–Crippen MR) is 111 cm³/mol. The molecular formula is C22H29N3O2. The minimum atomic E-state index is -0.0209. The molecule has 0 aromatic heterocycles. The maximum atomic E-state index is 12.2. The fraction of sp³-hybridized carbons (Fsp3) is 0.364. The molecule has 0 heterocycles. The Bertz CT molecular complexity index is 748. The van der Waals surface area contributed by atoms with Crippen molar-refractivity contribution in [2.24, 2.45) is 0 Å². The lowest BCUT2D eigenvalue weighted by Gasteiger charge is -2.21. The van der Waals surface area contributed by atoms with Crippen LogP contribution in [0.4, 0.5) is 11.4 Å². The third-order valence-electron chi connectivity index (χ3n) is 4.53. The third-order valence-corrected chi connectivity index (χ3v) is 4.53. The van der Waals surface area contributed by atoms with Gasteiger partial charge in [-0.1, -0.05) is 12.1 Å². The van der Waals surface area contributed by atoms with Crippen LogP contribution < -0.4 is 10.2 Å². The van der Waals surface area contributed by atoms with Crippen LogP contribution in [0.3, 0.4) is 0 Å². The molecule has 0 fully saturated rings. The van der Waals surface area contributed by atoms with Gasteiger partial charge in [0.25, 0.3) is 5.91 Å².